The smallest absolute Gasteiger partial charge is 0.0678 e. The van der Waals surface area contributed by atoms with Crippen molar-refractivity contribution >= 4 is 0 Å². The Balaban J connectivity index is 1.92. The number of hydrogen-bond acceptors (Lipinski definition) is 3. The van der Waals surface area contributed by atoms with Gasteiger partial charge in [-0.25, -0.2) is 0 Å². The van der Waals surface area contributed by atoms with Crippen LogP contribution in [0, 0.1) is 0 Å². The van der Waals surface area contributed by atoms with Crippen LogP contribution < -0.4 is 0 Å². The highest BCUT2D eigenvalue weighted by Gasteiger charge is 2.43. The van der Waals surface area contributed by atoms with Crippen LogP contribution in [0.1, 0.15) is 44.9 Å². The molecule has 3 heteroatoms. The van der Waals surface area contributed by atoms with Crippen molar-refractivity contribution in [3.05, 3.63) is 0 Å². The SMILES string of the molecule is COCCCC1(O)CC2CCCC(C1)N2C. The number of fused-ring (bicyclic) bond motifs is 2. The van der Waals surface area contributed by atoms with Gasteiger partial charge in [-0.2, -0.15) is 0 Å². The molecule has 2 heterocycles. The molecule has 2 bridgehead atoms. The summed E-state index contributed by atoms with van der Waals surface area (Å²) in [6, 6.07) is 1.22. The summed E-state index contributed by atoms with van der Waals surface area (Å²) in [5.74, 6) is 0. The molecule has 94 valence electrons. The molecule has 2 rings (SSSR count). The molecular weight excluding hydrogens is 202 g/mol. The molecule has 0 spiro atoms. The third-order valence-corrected chi connectivity index (χ3v) is 4.45. The lowest BCUT2D eigenvalue weighted by molar-refractivity contribution is -0.0894. The second-order valence-corrected chi connectivity index (χ2v) is 5.63. The van der Waals surface area contributed by atoms with Gasteiger partial charge in [-0.1, -0.05) is 6.42 Å². The van der Waals surface area contributed by atoms with E-state index in [2.05, 4.69) is 11.9 Å². The molecule has 2 fully saturated rings. The normalized spacial score (nSPS) is 39.9. The van der Waals surface area contributed by atoms with Crippen LogP contribution >= 0.6 is 0 Å². The van der Waals surface area contributed by atoms with E-state index in [-0.39, 0.29) is 0 Å². The summed E-state index contributed by atoms with van der Waals surface area (Å²) >= 11 is 0. The van der Waals surface area contributed by atoms with Gasteiger partial charge < -0.3 is 14.7 Å². The second kappa shape index (κ2) is 5.03. The van der Waals surface area contributed by atoms with Gasteiger partial charge in [0, 0.05) is 25.8 Å². The first-order chi connectivity index (χ1) is 7.64. The van der Waals surface area contributed by atoms with Crippen LogP contribution in [0.4, 0.5) is 0 Å². The number of nitrogens with zero attached hydrogens (tertiary/aromatic N) is 1. The van der Waals surface area contributed by atoms with Crippen molar-refractivity contribution in [3.8, 4) is 0 Å². The van der Waals surface area contributed by atoms with E-state index in [9.17, 15) is 5.11 Å². The zero-order valence-electron chi connectivity index (χ0n) is 10.6. The second-order valence-electron chi connectivity index (χ2n) is 5.63. The van der Waals surface area contributed by atoms with Gasteiger partial charge in [-0.15, -0.1) is 0 Å². The minimum atomic E-state index is -0.416. The molecule has 2 aliphatic heterocycles. The Labute approximate surface area is 98.8 Å². The van der Waals surface area contributed by atoms with Crippen LogP contribution in [0.5, 0.6) is 0 Å². The lowest BCUT2D eigenvalue weighted by Gasteiger charge is -2.50. The van der Waals surface area contributed by atoms with Crippen molar-refractivity contribution in [2.45, 2.75) is 62.6 Å². The first-order valence-corrected chi connectivity index (χ1v) is 6.58. The van der Waals surface area contributed by atoms with Gasteiger partial charge in [-0.05, 0) is 45.6 Å². The molecule has 0 radical (unpaired) electrons. The molecule has 0 aromatic carbocycles. The quantitative estimate of drug-likeness (QED) is 0.743. The van der Waals surface area contributed by atoms with Crippen LogP contribution in [0.3, 0.4) is 0 Å². The van der Waals surface area contributed by atoms with E-state index < -0.39 is 5.60 Å². The predicted molar refractivity (Wildman–Crippen MR) is 64.5 cm³/mol. The third-order valence-electron chi connectivity index (χ3n) is 4.45. The molecule has 2 aliphatic rings. The summed E-state index contributed by atoms with van der Waals surface area (Å²) in [6.45, 7) is 0.771. The lowest BCUT2D eigenvalue weighted by Crippen LogP contribution is -2.56. The fraction of sp³-hybridized carbons (Fsp3) is 1.00. The predicted octanol–water partition coefficient (Wildman–Crippen LogP) is 1.79. The minimum absolute atomic E-state index is 0.416. The van der Waals surface area contributed by atoms with Gasteiger partial charge in [-0.3, -0.25) is 0 Å². The van der Waals surface area contributed by atoms with Crippen LogP contribution in [0.25, 0.3) is 0 Å². The number of aliphatic hydroxyl groups is 1. The Morgan fingerprint density at radius 1 is 1.31 bits per heavy atom. The fourth-order valence-corrected chi connectivity index (χ4v) is 3.50. The molecule has 3 nitrogen and oxygen atoms in total. The third kappa shape index (κ3) is 2.58. The first kappa shape index (κ1) is 12.3. The van der Waals surface area contributed by atoms with Crippen LogP contribution in [0.15, 0.2) is 0 Å². The largest absolute Gasteiger partial charge is 0.390 e. The zero-order valence-corrected chi connectivity index (χ0v) is 10.6. The highest BCUT2D eigenvalue weighted by molar-refractivity contribution is 4.98. The monoisotopic (exact) mass is 227 g/mol. The van der Waals surface area contributed by atoms with Crippen LogP contribution in [0.2, 0.25) is 0 Å². The maximum absolute atomic E-state index is 10.6. The van der Waals surface area contributed by atoms with E-state index in [1.165, 1.54) is 19.3 Å². The number of methoxy groups -OCH3 is 1. The Morgan fingerprint density at radius 3 is 2.50 bits per heavy atom. The number of hydrogen-bond donors (Lipinski definition) is 1. The van der Waals surface area contributed by atoms with Gasteiger partial charge in [0.2, 0.25) is 0 Å². The molecule has 0 aliphatic carbocycles. The summed E-state index contributed by atoms with van der Waals surface area (Å²) < 4.78 is 5.07. The standard InChI is InChI=1S/C13H25NO2/c1-14-11-5-3-6-12(14)10-13(15,9-11)7-4-8-16-2/h11-12,15H,3-10H2,1-2H3. The van der Waals surface area contributed by atoms with Gasteiger partial charge in [0.25, 0.3) is 0 Å². The Morgan fingerprint density at radius 2 is 1.94 bits per heavy atom. The molecule has 1 N–H and O–H groups in total. The van der Waals surface area contributed by atoms with E-state index >= 15 is 0 Å². The van der Waals surface area contributed by atoms with E-state index in [0.717, 1.165) is 32.3 Å². The van der Waals surface area contributed by atoms with Crippen molar-refractivity contribution in [2.75, 3.05) is 20.8 Å². The Kier molecular flexibility index (Phi) is 3.88. The lowest BCUT2D eigenvalue weighted by atomic mass is 9.74. The fourth-order valence-electron chi connectivity index (χ4n) is 3.50. The van der Waals surface area contributed by atoms with Crippen molar-refractivity contribution in [3.63, 3.8) is 0 Å². The highest BCUT2D eigenvalue weighted by atomic mass is 16.5. The molecule has 2 atom stereocenters. The summed E-state index contributed by atoms with van der Waals surface area (Å²) in [5.41, 5.74) is -0.416. The molecule has 0 saturated carbocycles. The van der Waals surface area contributed by atoms with Gasteiger partial charge >= 0.3 is 0 Å². The zero-order chi connectivity index (χ0) is 11.6. The van der Waals surface area contributed by atoms with Crippen molar-refractivity contribution in [2.24, 2.45) is 0 Å². The molecular formula is C13H25NO2. The van der Waals surface area contributed by atoms with Crippen LogP contribution in [-0.4, -0.2) is 48.5 Å². The Hall–Kier alpha value is -0.120. The van der Waals surface area contributed by atoms with E-state index in [4.69, 9.17) is 4.74 Å². The van der Waals surface area contributed by atoms with Gasteiger partial charge in [0.05, 0.1) is 5.60 Å². The van der Waals surface area contributed by atoms with Crippen molar-refractivity contribution < 1.29 is 9.84 Å². The summed E-state index contributed by atoms with van der Waals surface area (Å²) in [5, 5.41) is 10.6. The number of rotatable bonds is 4. The average Bonchev–Trinajstić information content (AvgIpc) is 2.21. The number of ether oxygens (including phenoxy) is 1. The van der Waals surface area contributed by atoms with Crippen molar-refractivity contribution in [1.82, 2.24) is 4.90 Å². The van der Waals surface area contributed by atoms with Gasteiger partial charge in [0.15, 0.2) is 0 Å². The summed E-state index contributed by atoms with van der Waals surface area (Å²) in [7, 11) is 3.96. The maximum atomic E-state index is 10.6. The molecule has 0 amide bonds. The highest BCUT2D eigenvalue weighted by Crippen LogP contribution is 2.40. The number of piperidine rings is 2. The minimum Gasteiger partial charge on any atom is -0.390 e. The molecule has 0 aromatic rings. The van der Waals surface area contributed by atoms with Crippen LogP contribution in [-0.2, 0) is 4.74 Å². The topological polar surface area (TPSA) is 32.7 Å². The molecule has 2 unspecified atom stereocenters. The van der Waals surface area contributed by atoms with E-state index in [1.807, 2.05) is 0 Å². The average molecular weight is 227 g/mol. The first-order valence-electron chi connectivity index (χ1n) is 6.58. The molecule has 2 saturated heterocycles. The summed E-state index contributed by atoms with van der Waals surface area (Å²) in [6.07, 6.45) is 7.68. The molecule has 16 heavy (non-hydrogen) atoms. The molecule has 0 aromatic heterocycles. The van der Waals surface area contributed by atoms with Crippen molar-refractivity contribution in [1.29, 1.82) is 0 Å². The summed E-state index contributed by atoms with van der Waals surface area (Å²) in [4.78, 5) is 2.49. The maximum Gasteiger partial charge on any atom is 0.0678 e. The Bertz CT molecular complexity index is 218. The van der Waals surface area contributed by atoms with Gasteiger partial charge in [0.1, 0.15) is 0 Å². The van der Waals surface area contributed by atoms with E-state index in [0.29, 0.717) is 12.1 Å². The van der Waals surface area contributed by atoms with E-state index in [1.54, 1.807) is 7.11 Å².